The monoisotopic (exact) mass is 218 g/mol. The fraction of sp³-hybridized carbons (Fsp3) is 0.167. The van der Waals surface area contributed by atoms with E-state index in [1.807, 2.05) is 0 Å². The van der Waals surface area contributed by atoms with Crippen molar-refractivity contribution in [2.24, 2.45) is 7.05 Å². The molecule has 0 fully saturated rings. The lowest BCUT2D eigenvalue weighted by Crippen LogP contribution is -1.97. The molecule has 0 aliphatic carbocycles. The summed E-state index contributed by atoms with van der Waals surface area (Å²) in [4.78, 5) is 11.2. The van der Waals surface area contributed by atoms with Crippen molar-refractivity contribution in [1.82, 2.24) is 9.78 Å². The number of rotatable bonds is 2. The summed E-state index contributed by atoms with van der Waals surface area (Å²) >= 11 is 0. The second kappa shape index (κ2) is 3.89. The maximum absolute atomic E-state index is 13.1. The van der Waals surface area contributed by atoms with Crippen molar-refractivity contribution < 1.29 is 9.18 Å². The summed E-state index contributed by atoms with van der Waals surface area (Å²) in [6.45, 7) is 1.46. The van der Waals surface area contributed by atoms with Crippen LogP contribution in [0.25, 0.3) is 11.3 Å². The molecular formula is C12H11FN2O. The molecule has 4 heteroatoms. The summed E-state index contributed by atoms with van der Waals surface area (Å²) in [6, 6.07) is 7.87. The number of ketones is 1. The van der Waals surface area contributed by atoms with Gasteiger partial charge in [-0.2, -0.15) is 5.10 Å². The first-order valence-corrected chi connectivity index (χ1v) is 4.89. The van der Waals surface area contributed by atoms with Gasteiger partial charge in [0.15, 0.2) is 5.78 Å². The number of halogens is 1. The first-order chi connectivity index (χ1) is 7.58. The number of hydrogen-bond acceptors (Lipinski definition) is 2. The lowest BCUT2D eigenvalue weighted by atomic mass is 10.1. The van der Waals surface area contributed by atoms with Crippen LogP contribution in [0.15, 0.2) is 30.3 Å². The van der Waals surface area contributed by atoms with Crippen LogP contribution in [0.4, 0.5) is 4.39 Å². The topological polar surface area (TPSA) is 34.9 Å². The zero-order chi connectivity index (χ0) is 11.7. The molecule has 2 aromatic rings. The first kappa shape index (κ1) is 10.5. The number of aryl methyl sites for hydroxylation is 1. The number of nitrogens with zero attached hydrogens (tertiary/aromatic N) is 2. The lowest BCUT2D eigenvalue weighted by molar-refractivity contribution is 0.101. The van der Waals surface area contributed by atoms with E-state index in [4.69, 9.17) is 0 Å². The van der Waals surface area contributed by atoms with Gasteiger partial charge < -0.3 is 0 Å². The lowest BCUT2D eigenvalue weighted by Gasteiger charge is -2.00. The van der Waals surface area contributed by atoms with E-state index in [9.17, 15) is 9.18 Å². The van der Waals surface area contributed by atoms with Gasteiger partial charge >= 0.3 is 0 Å². The number of Topliss-reactive ketones (excluding diaryl/α,β-unsaturated/α-hetero) is 1. The molecule has 0 N–H and O–H groups in total. The summed E-state index contributed by atoms with van der Waals surface area (Å²) in [5, 5.41) is 4.06. The Morgan fingerprint density at radius 2 is 2.12 bits per heavy atom. The van der Waals surface area contributed by atoms with E-state index < -0.39 is 0 Å². The highest BCUT2D eigenvalue weighted by molar-refractivity contribution is 5.93. The minimum Gasteiger partial charge on any atom is -0.293 e. The molecule has 16 heavy (non-hydrogen) atoms. The van der Waals surface area contributed by atoms with Gasteiger partial charge in [-0.25, -0.2) is 4.39 Å². The molecule has 2 rings (SSSR count). The Bertz CT molecular complexity index is 546. The summed E-state index contributed by atoms with van der Waals surface area (Å²) in [6.07, 6.45) is 0. The Morgan fingerprint density at radius 1 is 1.38 bits per heavy atom. The molecule has 0 spiro atoms. The molecule has 0 unspecified atom stereocenters. The van der Waals surface area contributed by atoms with Crippen LogP contribution in [0.2, 0.25) is 0 Å². The fourth-order valence-electron chi connectivity index (χ4n) is 1.56. The first-order valence-electron chi connectivity index (χ1n) is 4.89. The minimum atomic E-state index is -0.303. The third-order valence-electron chi connectivity index (χ3n) is 2.36. The van der Waals surface area contributed by atoms with Crippen molar-refractivity contribution in [1.29, 1.82) is 0 Å². The third-order valence-corrected chi connectivity index (χ3v) is 2.36. The summed E-state index contributed by atoms with van der Waals surface area (Å²) in [7, 11) is 1.73. The molecule has 82 valence electrons. The van der Waals surface area contributed by atoms with E-state index in [0.29, 0.717) is 11.3 Å². The number of carbonyl (C=O) groups excluding carboxylic acids is 1. The predicted molar refractivity (Wildman–Crippen MR) is 58.6 cm³/mol. The van der Waals surface area contributed by atoms with Gasteiger partial charge in [0.25, 0.3) is 0 Å². The molecular weight excluding hydrogens is 207 g/mol. The predicted octanol–water partition coefficient (Wildman–Crippen LogP) is 2.43. The molecule has 1 aromatic heterocycles. The van der Waals surface area contributed by atoms with Gasteiger partial charge in [0, 0.05) is 19.5 Å². The standard InChI is InChI=1S/C12H11FN2O/c1-8(16)11-7-12(15(2)14-11)9-4-3-5-10(13)6-9/h3-7H,1-2H3. The van der Waals surface area contributed by atoms with Crippen molar-refractivity contribution >= 4 is 5.78 Å². The average molecular weight is 218 g/mol. The highest BCUT2D eigenvalue weighted by Gasteiger charge is 2.10. The highest BCUT2D eigenvalue weighted by Crippen LogP contribution is 2.20. The SMILES string of the molecule is CC(=O)c1cc(-c2cccc(F)c2)n(C)n1. The molecule has 0 amide bonds. The van der Waals surface area contributed by atoms with Crippen LogP contribution in [0, 0.1) is 5.82 Å². The van der Waals surface area contributed by atoms with Gasteiger partial charge in [-0.1, -0.05) is 12.1 Å². The van der Waals surface area contributed by atoms with E-state index in [0.717, 1.165) is 5.69 Å². The zero-order valence-corrected chi connectivity index (χ0v) is 9.07. The molecule has 0 radical (unpaired) electrons. The van der Waals surface area contributed by atoms with Crippen LogP contribution in [0.1, 0.15) is 17.4 Å². The van der Waals surface area contributed by atoms with Gasteiger partial charge in [0.1, 0.15) is 11.5 Å². The molecule has 1 aromatic carbocycles. The second-order valence-corrected chi connectivity index (χ2v) is 3.60. The molecule has 0 atom stereocenters. The Kier molecular flexibility index (Phi) is 2.56. The van der Waals surface area contributed by atoms with Crippen LogP contribution < -0.4 is 0 Å². The van der Waals surface area contributed by atoms with Gasteiger partial charge in [-0.15, -0.1) is 0 Å². The smallest absolute Gasteiger partial charge is 0.180 e. The number of carbonyl (C=O) groups is 1. The number of hydrogen-bond donors (Lipinski definition) is 0. The molecule has 3 nitrogen and oxygen atoms in total. The molecule has 0 aliphatic heterocycles. The van der Waals surface area contributed by atoms with E-state index in [-0.39, 0.29) is 11.6 Å². The second-order valence-electron chi connectivity index (χ2n) is 3.60. The normalized spacial score (nSPS) is 10.4. The molecule has 0 bridgehead atoms. The molecule has 0 saturated carbocycles. The Balaban J connectivity index is 2.52. The third kappa shape index (κ3) is 1.86. The Hall–Kier alpha value is -1.97. The van der Waals surface area contributed by atoms with Gasteiger partial charge in [-0.3, -0.25) is 9.48 Å². The number of benzene rings is 1. The highest BCUT2D eigenvalue weighted by atomic mass is 19.1. The van der Waals surface area contributed by atoms with E-state index in [1.165, 1.54) is 19.1 Å². The maximum atomic E-state index is 13.1. The summed E-state index contributed by atoms with van der Waals surface area (Å²) in [5.74, 6) is -0.402. The fourth-order valence-corrected chi connectivity index (χ4v) is 1.56. The van der Waals surface area contributed by atoms with Gasteiger partial charge in [0.05, 0.1) is 5.69 Å². The van der Waals surface area contributed by atoms with Crippen LogP contribution in [0.3, 0.4) is 0 Å². The quantitative estimate of drug-likeness (QED) is 0.725. The van der Waals surface area contributed by atoms with Crippen molar-refractivity contribution in [3.63, 3.8) is 0 Å². The van der Waals surface area contributed by atoms with Gasteiger partial charge in [0.2, 0.25) is 0 Å². The Labute approximate surface area is 92.5 Å². The molecule has 0 aliphatic rings. The zero-order valence-electron chi connectivity index (χ0n) is 9.07. The average Bonchev–Trinajstić information content (AvgIpc) is 2.60. The van der Waals surface area contributed by atoms with E-state index in [1.54, 1.807) is 29.9 Å². The number of aromatic nitrogens is 2. The van der Waals surface area contributed by atoms with E-state index >= 15 is 0 Å². The van der Waals surface area contributed by atoms with Crippen molar-refractivity contribution in [3.8, 4) is 11.3 Å². The van der Waals surface area contributed by atoms with Crippen LogP contribution in [-0.2, 0) is 7.05 Å². The maximum Gasteiger partial charge on any atom is 0.180 e. The molecule has 0 saturated heterocycles. The van der Waals surface area contributed by atoms with Crippen molar-refractivity contribution in [2.75, 3.05) is 0 Å². The van der Waals surface area contributed by atoms with Gasteiger partial charge in [-0.05, 0) is 18.2 Å². The van der Waals surface area contributed by atoms with Crippen LogP contribution >= 0.6 is 0 Å². The Morgan fingerprint density at radius 3 is 2.69 bits per heavy atom. The summed E-state index contributed by atoms with van der Waals surface area (Å²) in [5.41, 5.74) is 1.83. The van der Waals surface area contributed by atoms with Crippen molar-refractivity contribution in [2.45, 2.75) is 6.92 Å². The van der Waals surface area contributed by atoms with Crippen LogP contribution in [0.5, 0.6) is 0 Å². The molecule has 1 heterocycles. The summed E-state index contributed by atoms with van der Waals surface area (Å²) < 4.78 is 14.6. The van der Waals surface area contributed by atoms with E-state index in [2.05, 4.69) is 5.10 Å². The largest absolute Gasteiger partial charge is 0.293 e. The van der Waals surface area contributed by atoms with Crippen molar-refractivity contribution in [3.05, 3.63) is 41.8 Å². The van der Waals surface area contributed by atoms with Crippen LogP contribution in [-0.4, -0.2) is 15.6 Å². The minimum absolute atomic E-state index is 0.0988.